The first-order valence-corrected chi connectivity index (χ1v) is 8.87. The number of aromatic nitrogens is 3. The molecule has 1 aromatic heterocycles. The van der Waals surface area contributed by atoms with Crippen LogP contribution in [0, 0.1) is 12.7 Å². The highest BCUT2D eigenvalue weighted by Gasteiger charge is 2.21. The minimum atomic E-state index is -0.351. The van der Waals surface area contributed by atoms with E-state index in [2.05, 4.69) is 25.7 Å². The zero-order valence-corrected chi connectivity index (χ0v) is 18.2. The van der Waals surface area contributed by atoms with Crippen molar-refractivity contribution in [2.45, 2.75) is 45.8 Å². The van der Waals surface area contributed by atoms with Gasteiger partial charge in [0.15, 0.2) is 17.5 Å². The average molecular weight is 488 g/mol. The minimum Gasteiger partial charge on any atom is -0.491 e. The van der Waals surface area contributed by atoms with Crippen molar-refractivity contribution in [2.75, 3.05) is 13.7 Å². The van der Waals surface area contributed by atoms with Gasteiger partial charge in [-0.3, -0.25) is 4.99 Å². The Labute approximate surface area is 175 Å². The fourth-order valence-electron chi connectivity index (χ4n) is 3.05. The summed E-state index contributed by atoms with van der Waals surface area (Å²) >= 11 is 0. The fraction of sp³-hybridized carbons (Fsp3) is 0.500. The molecule has 148 valence electrons. The Kier molecular flexibility index (Phi) is 7.81. The summed E-state index contributed by atoms with van der Waals surface area (Å²) in [5.41, 5.74) is 0.826. The van der Waals surface area contributed by atoms with Gasteiger partial charge in [-0.05, 0) is 38.0 Å². The van der Waals surface area contributed by atoms with Gasteiger partial charge in [-0.15, -0.1) is 24.0 Å². The number of benzene rings is 1. The summed E-state index contributed by atoms with van der Waals surface area (Å²) in [5.74, 6) is 2.45. The van der Waals surface area contributed by atoms with Crippen molar-refractivity contribution in [3.8, 4) is 5.75 Å². The Morgan fingerprint density at radius 2 is 2.26 bits per heavy atom. The van der Waals surface area contributed by atoms with E-state index in [0.717, 1.165) is 36.6 Å². The average Bonchev–Trinajstić information content (AvgIpc) is 3.00. The number of hydrogen-bond acceptors (Lipinski definition) is 4. The second-order valence-corrected chi connectivity index (χ2v) is 6.26. The van der Waals surface area contributed by atoms with E-state index in [9.17, 15) is 4.39 Å². The van der Waals surface area contributed by atoms with Crippen LogP contribution >= 0.6 is 24.0 Å². The van der Waals surface area contributed by atoms with E-state index >= 15 is 0 Å². The zero-order valence-electron chi connectivity index (χ0n) is 15.8. The van der Waals surface area contributed by atoms with Crippen LogP contribution in [0.2, 0.25) is 0 Å². The van der Waals surface area contributed by atoms with Crippen LogP contribution in [-0.2, 0) is 19.5 Å². The largest absolute Gasteiger partial charge is 0.491 e. The first kappa shape index (κ1) is 21.4. The van der Waals surface area contributed by atoms with Crippen molar-refractivity contribution in [1.82, 2.24) is 25.4 Å². The molecule has 0 fully saturated rings. The quantitative estimate of drug-likeness (QED) is 0.384. The number of halogens is 2. The van der Waals surface area contributed by atoms with Crippen molar-refractivity contribution in [2.24, 2.45) is 4.99 Å². The Hall–Kier alpha value is -1.91. The zero-order chi connectivity index (χ0) is 18.5. The number of ether oxygens (including phenoxy) is 1. The van der Waals surface area contributed by atoms with Crippen LogP contribution in [0.4, 0.5) is 4.39 Å². The number of rotatable bonds is 5. The fourth-order valence-corrected chi connectivity index (χ4v) is 3.05. The van der Waals surface area contributed by atoms with Gasteiger partial charge in [-0.2, -0.15) is 5.10 Å². The van der Waals surface area contributed by atoms with E-state index < -0.39 is 0 Å². The van der Waals surface area contributed by atoms with Gasteiger partial charge in [-0.25, -0.2) is 14.1 Å². The van der Waals surface area contributed by atoms with Gasteiger partial charge >= 0.3 is 0 Å². The van der Waals surface area contributed by atoms with Crippen molar-refractivity contribution >= 4 is 29.9 Å². The van der Waals surface area contributed by atoms with Crippen LogP contribution in [0.3, 0.4) is 0 Å². The summed E-state index contributed by atoms with van der Waals surface area (Å²) in [4.78, 5) is 8.68. The summed E-state index contributed by atoms with van der Waals surface area (Å²) < 4.78 is 21.1. The molecule has 9 heteroatoms. The van der Waals surface area contributed by atoms with E-state index in [4.69, 9.17) is 4.74 Å². The topological polar surface area (TPSA) is 76.4 Å². The molecule has 7 nitrogen and oxygen atoms in total. The predicted molar refractivity (Wildman–Crippen MR) is 113 cm³/mol. The molecular weight excluding hydrogens is 462 g/mol. The molecule has 2 heterocycles. The molecule has 2 aromatic rings. The molecule has 0 aliphatic carbocycles. The van der Waals surface area contributed by atoms with Gasteiger partial charge in [0, 0.05) is 26.1 Å². The molecule has 0 amide bonds. The summed E-state index contributed by atoms with van der Waals surface area (Å²) in [6.45, 7) is 5.42. The molecule has 0 bridgehead atoms. The molecule has 27 heavy (non-hydrogen) atoms. The maximum Gasteiger partial charge on any atom is 0.191 e. The van der Waals surface area contributed by atoms with E-state index in [0.29, 0.717) is 19.1 Å². The predicted octanol–water partition coefficient (Wildman–Crippen LogP) is 2.42. The SMILES string of the molecule is CCOc1ccc(CNC(=NC)NC2CCc3nc(C)nn3C2)cc1F.I. The number of nitrogens with one attached hydrogen (secondary N) is 2. The smallest absolute Gasteiger partial charge is 0.191 e. The second-order valence-electron chi connectivity index (χ2n) is 6.26. The molecule has 0 saturated heterocycles. The van der Waals surface area contributed by atoms with E-state index in [1.54, 1.807) is 13.1 Å². The third kappa shape index (κ3) is 5.53. The lowest BCUT2D eigenvalue weighted by Crippen LogP contribution is -2.46. The first-order valence-electron chi connectivity index (χ1n) is 8.87. The van der Waals surface area contributed by atoms with Crippen LogP contribution in [0.25, 0.3) is 0 Å². The van der Waals surface area contributed by atoms with Crippen molar-refractivity contribution < 1.29 is 9.13 Å². The number of guanidine groups is 1. The highest BCUT2D eigenvalue weighted by Crippen LogP contribution is 2.18. The van der Waals surface area contributed by atoms with Gasteiger partial charge in [0.2, 0.25) is 0 Å². The molecule has 1 aromatic carbocycles. The van der Waals surface area contributed by atoms with Crippen LogP contribution < -0.4 is 15.4 Å². The normalized spacial score (nSPS) is 16.3. The third-order valence-corrected chi connectivity index (χ3v) is 4.28. The van der Waals surface area contributed by atoms with Gasteiger partial charge in [0.25, 0.3) is 0 Å². The first-order chi connectivity index (χ1) is 12.6. The Morgan fingerprint density at radius 1 is 1.44 bits per heavy atom. The molecule has 3 rings (SSSR count). The lowest BCUT2D eigenvalue weighted by Gasteiger charge is -2.25. The maximum absolute atomic E-state index is 13.9. The Bertz CT molecular complexity index is 794. The molecule has 0 radical (unpaired) electrons. The highest BCUT2D eigenvalue weighted by molar-refractivity contribution is 14.0. The van der Waals surface area contributed by atoms with Crippen LogP contribution in [0.1, 0.15) is 30.6 Å². The molecule has 1 aliphatic heterocycles. The van der Waals surface area contributed by atoms with Crippen LogP contribution in [0.5, 0.6) is 5.75 Å². The second kappa shape index (κ2) is 9.86. The Morgan fingerprint density at radius 3 is 2.96 bits per heavy atom. The van der Waals surface area contributed by atoms with E-state index in [1.165, 1.54) is 6.07 Å². The van der Waals surface area contributed by atoms with Gasteiger partial charge in [-0.1, -0.05) is 6.07 Å². The number of fused-ring (bicyclic) bond motifs is 1. The number of aryl methyl sites for hydroxylation is 2. The standard InChI is InChI=1S/C18H25FN6O.HI/c1-4-26-16-7-5-13(9-15(16)19)10-21-18(20-3)23-14-6-8-17-22-12(2)24-25(17)11-14;/h5,7,9,14H,4,6,8,10-11H2,1-3H3,(H2,20,21,23);1H. The van der Waals surface area contributed by atoms with Crippen LogP contribution in [0.15, 0.2) is 23.2 Å². The van der Waals surface area contributed by atoms with Gasteiger partial charge in [0.05, 0.1) is 13.2 Å². The van der Waals surface area contributed by atoms with E-state index in [-0.39, 0.29) is 41.6 Å². The van der Waals surface area contributed by atoms with Crippen molar-refractivity contribution in [3.63, 3.8) is 0 Å². The molecule has 1 aliphatic rings. The number of nitrogens with zero attached hydrogens (tertiary/aromatic N) is 4. The molecular formula is C18H26FIN6O. The maximum atomic E-state index is 13.9. The van der Waals surface area contributed by atoms with Crippen molar-refractivity contribution in [1.29, 1.82) is 0 Å². The Balaban J connectivity index is 0.00000261. The summed E-state index contributed by atoms with van der Waals surface area (Å²) in [6, 6.07) is 5.21. The lowest BCUT2D eigenvalue weighted by molar-refractivity contribution is 0.321. The molecule has 1 unspecified atom stereocenters. The van der Waals surface area contributed by atoms with Crippen LogP contribution in [-0.4, -0.2) is 40.4 Å². The minimum absolute atomic E-state index is 0. The lowest BCUT2D eigenvalue weighted by atomic mass is 10.1. The van der Waals surface area contributed by atoms with Gasteiger partial charge < -0.3 is 15.4 Å². The molecule has 0 spiro atoms. The molecule has 1 atom stereocenters. The number of aliphatic imine (C=N–C) groups is 1. The molecule has 2 N–H and O–H groups in total. The van der Waals surface area contributed by atoms with E-state index in [1.807, 2.05) is 24.6 Å². The highest BCUT2D eigenvalue weighted by atomic mass is 127. The third-order valence-electron chi connectivity index (χ3n) is 4.28. The summed E-state index contributed by atoms with van der Waals surface area (Å²) in [5, 5.41) is 11.0. The molecule has 0 saturated carbocycles. The summed E-state index contributed by atoms with van der Waals surface area (Å²) in [6.07, 6.45) is 1.86. The van der Waals surface area contributed by atoms with Crippen molar-refractivity contribution in [3.05, 3.63) is 41.2 Å². The summed E-state index contributed by atoms with van der Waals surface area (Å²) in [7, 11) is 1.72. The monoisotopic (exact) mass is 488 g/mol. The van der Waals surface area contributed by atoms with Gasteiger partial charge in [0.1, 0.15) is 11.6 Å². The number of hydrogen-bond donors (Lipinski definition) is 2.